The van der Waals surface area contributed by atoms with Crippen LogP contribution in [0.3, 0.4) is 0 Å². The number of hydrogen-bond acceptors (Lipinski definition) is 4. The first kappa shape index (κ1) is 16.9. The van der Waals surface area contributed by atoms with Gasteiger partial charge in [0.05, 0.1) is 18.8 Å². The number of carbonyl (C=O) groups is 2. The van der Waals surface area contributed by atoms with Gasteiger partial charge in [-0.15, -0.1) is 0 Å². The average Bonchev–Trinajstić information content (AvgIpc) is 3.26. The van der Waals surface area contributed by atoms with E-state index in [4.69, 9.17) is 4.74 Å². The van der Waals surface area contributed by atoms with E-state index in [-0.39, 0.29) is 11.8 Å². The Bertz CT molecular complexity index is 846. The molecule has 2 aromatic heterocycles. The van der Waals surface area contributed by atoms with Crippen molar-refractivity contribution in [1.82, 2.24) is 20.2 Å². The Balaban J connectivity index is 1.39. The second-order valence-corrected chi connectivity index (χ2v) is 7.52. The van der Waals surface area contributed by atoms with Gasteiger partial charge in [0, 0.05) is 24.5 Å². The van der Waals surface area contributed by atoms with Crippen LogP contribution in [0.15, 0.2) is 18.3 Å². The zero-order chi connectivity index (χ0) is 18.3. The van der Waals surface area contributed by atoms with E-state index in [2.05, 4.69) is 15.3 Å². The predicted molar refractivity (Wildman–Crippen MR) is 97.1 cm³/mol. The van der Waals surface area contributed by atoms with E-state index in [9.17, 15) is 9.59 Å². The first-order valence-corrected chi connectivity index (χ1v) is 9.12. The summed E-state index contributed by atoms with van der Waals surface area (Å²) in [4.78, 5) is 34.2. The second-order valence-electron chi connectivity index (χ2n) is 7.52. The largest absolute Gasteiger partial charge is 0.481 e. The van der Waals surface area contributed by atoms with Crippen molar-refractivity contribution in [3.05, 3.63) is 24.0 Å². The van der Waals surface area contributed by atoms with Crippen molar-refractivity contribution in [3.8, 4) is 5.88 Å². The maximum absolute atomic E-state index is 12.6. The Labute approximate surface area is 152 Å². The summed E-state index contributed by atoms with van der Waals surface area (Å²) >= 11 is 0. The van der Waals surface area contributed by atoms with E-state index in [1.54, 1.807) is 32.4 Å². The molecule has 2 aromatic rings. The number of carbonyl (C=O) groups excluding carboxylic acids is 2. The van der Waals surface area contributed by atoms with Crippen LogP contribution in [-0.2, 0) is 4.79 Å². The number of hydrogen-bond donors (Lipinski definition) is 2. The van der Waals surface area contributed by atoms with E-state index in [0.717, 1.165) is 36.8 Å². The summed E-state index contributed by atoms with van der Waals surface area (Å²) in [5, 5.41) is 3.65. The minimum atomic E-state index is -0.546. The fourth-order valence-electron chi connectivity index (χ4n) is 3.73. The second kappa shape index (κ2) is 6.30. The molecule has 0 aromatic carbocycles. The molecule has 1 spiro atoms. The normalized spacial score (nSPS) is 19.4. The molecule has 1 atom stereocenters. The number of piperidine rings is 1. The number of methoxy groups -OCH3 is 1. The molecule has 2 aliphatic rings. The molecule has 1 aliphatic heterocycles. The highest BCUT2D eigenvalue weighted by Crippen LogP contribution is 2.53. The number of aromatic amines is 1. The van der Waals surface area contributed by atoms with Gasteiger partial charge >= 0.3 is 0 Å². The van der Waals surface area contributed by atoms with Crippen LogP contribution in [0.5, 0.6) is 5.88 Å². The Kier molecular flexibility index (Phi) is 4.09. The van der Waals surface area contributed by atoms with E-state index in [1.165, 1.54) is 12.8 Å². The van der Waals surface area contributed by atoms with Crippen molar-refractivity contribution in [1.29, 1.82) is 0 Å². The number of ether oxygens (including phenoxy) is 1. The Morgan fingerprint density at radius 3 is 2.65 bits per heavy atom. The van der Waals surface area contributed by atoms with Crippen molar-refractivity contribution in [3.63, 3.8) is 0 Å². The van der Waals surface area contributed by atoms with Crippen LogP contribution in [0.25, 0.3) is 10.9 Å². The van der Waals surface area contributed by atoms with Gasteiger partial charge in [-0.3, -0.25) is 9.59 Å². The van der Waals surface area contributed by atoms with Crippen molar-refractivity contribution < 1.29 is 14.3 Å². The van der Waals surface area contributed by atoms with Crippen LogP contribution in [-0.4, -0.2) is 52.9 Å². The molecule has 2 fully saturated rings. The predicted octanol–water partition coefficient (Wildman–Crippen LogP) is 2.09. The van der Waals surface area contributed by atoms with Gasteiger partial charge < -0.3 is 19.9 Å². The fraction of sp³-hybridized carbons (Fsp3) is 0.526. The fourth-order valence-corrected chi connectivity index (χ4v) is 3.73. The lowest BCUT2D eigenvalue weighted by Gasteiger charge is -2.33. The highest BCUT2D eigenvalue weighted by Gasteiger charge is 2.45. The number of nitrogens with zero attached hydrogens (tertiary/aromatic N) is 2. The standard InChI is InChI=1S/C19H24N4O3/c1-12(18(25)23-7-5-19(3-4-19)6-8-23)21-17(24)14-9-13-10-16(26-2)20-11-15(13)22-14/h9-12,22H,3-8H2,1-2H3,(H,21,24). The third-order valence-corrected chi connectivity index (χ3v) is 5.74. The minimum Gasteiger partial charge on any atom is -0.481 e. The molecule has 4 rings (SSSR count). The third kappa shape index (κ3) is 3.13. The first-order chi connectivity index (χ1) is 12.5. The number of rotatable bonds is 4. The third-order valence-electron chi connectivity index (χ3n) is 5.74. The number of fused-ring (bicyclic) bond motifs is 1. The number of likely N-dealkylation sites (tertiary alicyclic amines) is 1. The van der Waals surface area contributed by atoms with Crippen LogP contribution in [0.4, 0.5) is 0 Å². The van der Waals surface area contributed by atoms with Crippen LogP contribution in [0.2, 0.25) is 0 Å². The van der Waals surface area contributed by atoms with Crippen LogP contribution in [0.1, 0.15) is 43.1 Å². The maximum Gasteiger partial charge on any atom is 0.268 e. The number of aromatic nitrogens is 2. The molecular formula is C19H24N4O3. The van der Waals surface area contributed by atoms with Crippen molar-refractivity contribution in [2.75, 3.05) is 20.2 Å². The average molecular weight is 356 g/mol. The van der Waals surface area contributed by atoms with E-state index < -0.39 is 6.04 Å². The van der Waals surface area contributed by atoms with Gasteiger partial charge in [0.2, 0.25) is 11.8 Å². The van der Waals surface area contributed by atoms with Crippen molar-refractivity contribution in [2.45, 2.75) is 38.6 Å². The molecule has 3 heterocycles. The molecule has 1 aliphatic carbocycles. The summed E-state index contributed by atoms with van der Waals surface area (Å²) in [6.07, 6.45) is 6.43. The number of pyridine rings is 1. The summed E-state index contributed by atoms with van der Waals surface area (Å²) in [7, 11) is 1.55. The van der Waals surface area contributed by atoms with Gasteiger partial charge in [-0.05, 0) is 44.1 Å². The Morgan fingerprint density at radius 2 is 2.00 bits per heavy atom. The van der Waals surface area contributed by atoms with Crippen LogP contribution in [0, 0.1) is 5.41 Å². The van der Waals surface area contributed by atoms with Gasteiger partial charge in [-0.1, -0.05) is 0 Å². The number of amides is 2. The monoisotopic (exact) mass is 356 g/mol. The smallest absolute Gasteiger partial charge is 0.268 e. The van der Waals surface area contributed by atoms with Crippen molar-refractivity contribution in [2.24, 2.45) is 5.41 Å². The molecule has 26 heavy (non-hydrogen) atoms. The van der Waals surface area contributed by atoms with Gasteiger partial charge in [0.1, 0.15) is 11.7 Å². The van der Waals surface area contributed by atoms with Gasteiger partial charge in [-0.25, -0.2) is 4.98 Å². The molecular weight excluding hydrogens is 332 g/mol. The summed E-state index contributed by atoms with van der Waals surface area (Å²) in [6.45, 7) is 3.35. The number of nitrogens with one attached hydrogen (secondary N) is 2. The lowest BCUT2D eigenvalue weighted by atomic mass is 9.93. The van der Waals surface area contributed by atoms with Gasteiger partial charge in [0.15, 0.2) is 0 Å². The van der Waals surface area contributed by atoms with E-state index in [0.29, 0.717) is 17.0 Å². The van der Waals surface area contributed by atoms with Crippen molar-refractivity contribution >= 4 is 22.7 Å². The molecule has 0 bridgehead atoms. The molecule has 7 heteroatoms. The summed E-state index contributed by atoms with van der Waals surface area (Å²) in [5.41, 5.74) is 1.69. The SMILES string of the molecule is COc1cc2cc(C(=O)NC(C)C(=O)N3CCC4(CC3)CC4)[nH]c2cn1. The molecule has 1 saturated heterocycles. The van der Waals surface area contributed by atoms with E-state index >= 15 is 0 Å². The summed E-state index contributed by atoms with van der Waals surface area (Å²) in [6, 6.07) is 2.96. The number of H-pyrrole nitrogens is 1. The molecule has 0 radical (unpaired) electrons. The molecule has 1 unspecified atom stereocenters. The lowest BCUT2D eigenvalue weighted by Crippen LogP contribution is -2.49. The minimum absolute atomic E-state index is 0.00621. The molecule has 1 saturated carbocycles. The molecule has 2 amide bonds. The van der Waals surface area contributed by atoms with Crippen LogP contribution < -0.4 is 10.1 Å². The quantitative estimate of drug-likeness (QED) is 0.878. The summed E-state index contributed by atoms with van der Waals surface area (Å²) < 4.78 is 5.10. The van der Waals surface area contributed by atoms with E-state index in [1.807, 2.05) is 4.90 Å². The first-order valence-electron chi connectivity index (χ1n) is 9.12. The zero-order valence-corrected chi connectivity index (χ0v) is 15.2. The molecule has 7 nitrogen and oxygen atoms in total. The zero-order valence-electron chi connectivity index (χ0n) is 15.2. The molecule has 2 N–H and O–H groups in total. The van der Waals surface area contributed by atoms with Crippen LogP contribution >= 0.6 is 0 Å². The van der Waals surface area contributed by atoms with Gasteiger partial charge in [0.25, 0.3) is 5.91 Å². The highest BCUT2D eigenvalue weighted by atomic mass is 16.5. The van der Waals surface area contributed by atoms with Gasteiger partial charge in [-0.2, -0.15) is 0 Å². The topological polar surface area (TPSA) is 87.3 Å². The Morgan fingerprint density at radius 1 is 1.27 bits per heavy atom. The summed E-state index contributed by atoms with van der Waals surface area (Å²) in [5.74, 6) is 0.190. The lowest BCUT2D eigenvalue weighted by molar-refractivity contribution is -0.134. The maximum atomic E-state index is 12.6. The molecule has 138 valence electrons. The Hall–Kier alpha value is -2.57. The highest BCUT2D eigenvalue weighted by molar-refractivity contribution is 6.00.